The summed E-state index contributed by atoms with van der Waals surface area (Å²) in [6.07, 6.45) is 5.13. The molecule has 160 valence electrons. The van der Waals surface area contributed by atoms with Crippen molar-refractivity contribution in [2.24, 2.45) is 5.92 Å². The molecule has 1 atom stereocenters. The molecular weight excluding hydrogens is 435 g/mol. The molecule has 2 heterocycles. The maximum Gasteiger partial charge on any atom is 0.261 e. The van der Waals surface area contributed by atoms with Gasteiger partial charge >= 0.3 is 0 Å². The highest BCUT2D eigenvalue weighted by Crippen LogP contribution is 2.20. The van der Waals surface area contributed by atoms with Crippen molar-refractivity contribution in [3.8, 4) is 0 Å². The normalized spacial score (nSPS) is 16.3. The predicted octanol–water partition coefficient (Wildman–Crippen LogP) is 2.80. The summed E-state index contributed by atoms with van der Waals surface area (Å²) in [6.45, 7) is 2.35. The first kappa shape index (κ1) is 25.2. The van der Waals surface area contributed by atoms with Gasteiger partial charge in [0.25, 0.3) is 15.9 Å². The number of sulfonamides is 1. The Balaban J connectivity index is 0.00000210. The Morgan fingerprint density at radius 3 is 2.41 bits per heavy atom. The summed E-state index contributed by atoms with van der Waals surface area (Å²) in [6, 6.07) is 9.23. The summed E-state index contributed by atoms with van der Waals surface area (Å²) < 4.78 is 27.4. The van der Waals surface area contributed by atoms with E-state index < -0.39 is 10.0 Å². The second-order valence-corrected chi connectivity index (χ2v) is 8.37. The standard InChI is InChI=1S/C19H24N4O3S.2ClH/c1-20-13-15-3-2-12-23(14-15)19(24)16-4-6-18(7-5-16)27(25,26)22-17-8-10-21-11-9-17;;/h4-11,15,20H,2-3,12-14H2,1H3,(H,21,22);2*1H. The minimum atomic E-state index is -3.71. The molecule has 2 aromatic rings. The second-order valence-electron chi connectivity index (χ2n) is 6.68. The number of nitrogens with one attached hydrogen (secondary N) is 2. The number of hydrogen-bond donors (Lipinski definition) is 2. The topological polar surface area (TPSA) is 91.4 Å². The largest absolute Gasteiger partial charge is 0.338 e. The number of piperidine rings is 1. The molecule has 1 fully saturated rings. The van der Waals surface area contributed by atoms with Gasteiger partial charge in [0.2, 0.25) is 0 Å². The molecule has 10 heteroatoms. The Kier molecular flexibility index (Phi) is 9.85. The van der Waals surface area contributed by atoms with Crippen LogP contribution in [0.15, 0.2) is 53.7 Å². The van der Waals surface area contributed by atoms with Crippen molar-refractivity contribution in [1.29, 1.82) is 0 Å². The summed E-state index contributed by atoms with van der Waals surface area (Å²) in [4.78, 5) is 18.6. The van der Waals surface area contributed by atoms with Crippen molar-refractivity contribution in [1.82, 2.24) is 15.2 Å². The molecule has 0 spiro atoms. The van der Waals surface area contributed by atoms with Gasteiger partial charge in [0.15, 0.2) is 0 Å². The fourth-order valence-corrected chi connectivity index (χ4v) is 4.36. The molecule has 0 saturated carbocycles. The van der Waals surface area contributed by atoms with Crippen LogP contribution in [-0.4, -0.2) is 50.9 Å². The number of aromatic nitrogens is 1. The van der Waals surface area contributed by atoms with Gasteiger partial charge in [-0.1, -0.05) is 0 Å². The molecule has 0 bridgehead atoms. The van der Waals surface area contributed by atoms with Crippen molar-refractivity contribution >= 4 is 46.4 Å². The Labute approximate surface area is 184 Å². The highest BCUT2D eigenvalue weighted by Gasteiger charge is 2.24. The number of rotatable bonds is 6. The van der Waals surface area contributed by atoms with Gasteiger partial charge in [0.1, 0.15) is 0 Å². The number of pyridine rings is 1. The van der Waals surface area contributed by atoms with Crippen LogP contribution in [-0.2, 0) is 10.0 Å². The van der Waals surface area contributed by atoms with E-state index in [-0.39, 0.29) is 35.6 Å². The van der Waals surface area contributed by atoms with Gasteiger partial charge in [0, 0.05) is 31.0 Å². The molecule has 1 aliphatic heterocycles. The van der Waals surface area contributed by atoms with E-state index in [1.807, 2.05) is 11.9 Å². The molecule has 1 saturated heterocycles. The SMILES string of the molecule is CNCC1CCCN(C(=O)c2ccc(S(=O)(=O)Nc3ccncc3)cc2)C1.Cl.Cl. The summed E-state index contributed by atoms with van der Waals surface area (Å²) in [5, 5.41) is 3.17. The first-order chi connectivity index (χ1) is 13.0. The number of carbonyl (C=O) groups is 1. The lowest BCUT2D eigenvalue weighted by molar-refractivity contribution is 0.0674. The van der Waals surface area contributed by atoms with Gasteiger partial charge in [-0.2, -0.15) is 0 Å². The molecule has 0 radical (unpaired) electrons. The molecule has 29 heavy (non-hydrogen) atoms. The lowest BCUT2D eigenvalue weighted by atomic mass is 9.97. The van der Waals surface area contributed by atoms with E-state index in [1.165, 1.54) is 24.5 Å². The number of carbonyl (C=O) groups excluding carboxylic acids is 1. The highest BCUT2D eigenvalue weighted by molar-refractivity contribution is 7.92. The molecule has 1 aromatic carbocycles. The lowest BCUT2D eigenvalue weighted by Gasteiger charge is -2.32. The van der Waals surface area contributed by atoms with E-state index >= 15 is 0 Å². The van der Waals surface area contributed by atoms with Crippen LogP contribution in [0.2, 0.25) is 0 Å². The van der Waals surface area contributed by atoms with Crippen LogP contribution in [0, 0.1) is 5.92 Å². The predicted molar refractivity (Wildman–Crippen MR) is 119 cm³/mol. The Bertz CT molecular complexity index is 878. The summed E-state index contributed by atoms with van der Waals surface area (Å²) >= 11 is 0. The molecule has 1 aliphatic rings. The summed E-state index contributed by atoms with van der Waals surface area (Å²) in [7, 11) is -1.79. The third kappa shape index (κ3) is 6.57. The van der Waals surface area contributed by atoms with E-state index in [9.17, 15) is 13.2 Å². The van der Waals surface area contributed by atoms with Gasteiger partial charge in [-0.15, -0.1) is 24.8 Å². The fourth-order valence-electron chi connectivity index (χ4n) is 3.30. The van der Waals surface area contributed by atoms with Gasteiger partial charge < -0.3 is 10.2 Å². The highest BCUT2D eigenvalue weighted by atomic mass is 35.5. The molecule has 3 rings (SSSR count). The van der Waals surface area contributed by atoms with E-state index in [4.69, 9.17) is 0 Å². The van der Waals surface area contributed by atoms with Crippen LogP contribution in [0.25, 0.3) is 0 Å². The van der Waals surface area contributed by atoms with Crippen LogP contribution >= 0.6 is 24.8 Å². The Morgan fingerprint density at radius 2 is 1.79 bits per heavy atom. The Morgan fingerprint density at radius 1 is 1.14 bits per heavy atom. The zero-order valence-electron chi connectivity index (χ0n) is 16.1. The van der Waals surface area contributed by atoms with Crippen molar-refractivity contribution < 1.29 is 13.2 Å². The third-order valence-corrected chi connectivity index (χ3v) is 6.04. The van der Waals surface area contributed by atoms with Crippen LogP contribution in [0.5, 0.6) is 0 Å². The lowest BCUT2D eigenvalue weighted by Crippen LogP contribution is -2.42. The van der Waals surface area contributed by atoms with Crippen molar-refractivity contribution in [3.05, 3.63) is 54.4 Å². The zero-order valence-corrected chi connectivity index (χ0v) is 18.5. The number of nitrogens with zero attached hydrogens (tertiary/aromatic N) is 2. The number of halogens is 2. The van der Waals surface area contributed by atoms with E-state index in [0.29, 0.717) is 17.2 Å². The molecular formula is C19H26Cl2N4O3S. The van der Waals surface area contributed by atoms with Crippen LogP contribution < -0.4 is 10.0 Å². The first-order valence-electron chi connectivity index (χ1n) is 8.96. The molecule has 1 unspecified atom stereocenters. The van der Waals surface area contributed by atoms with Gasteiger partial charge in [-0.3, -0.25) is 14.5 Å². The monoisotopic (exact) mass is 460 g/mol. The van der Waals surface area contributed by atoms with Crippen molar-refractivity contribution in [3.63, 3.8) is 0 Å². The number of hydrogen-bond acceptors (Lipinski definition) is 5. The van der Waals surface area contributed by atoms with Gasteiger partial charge in [-0.05, 0) is 68.8 Å². The maximum atomic E-state index is 12.7. The van der Waals surface area contributed by atoms with Gasteiger partial charge in [-0.25, -0.2) is 8.42 Å². The van der Waals surface area contributed by atoms with Crippen molar-refractivity contribution in [2.75, 3.05) is 31.4 Å². The maximum absolute atomic E-state index is 12.7. The number of likely N-dealkylation sites (tertiary alicyclic amines) is 1. The average Bonchev–Trinajstić information content (AvgIpc) is 2.68. The molecule has 0 aliphatic carbocycles. The third-order valence-electron chi connectivity index (χ3n) is 4.64. The van der Waals surface area contributed by atoms with Crippen LogP contribution in [0.4, 0.5) is 5.69 Å². The van der Waals surface area contributed by atoms with E-state index in [0.717, 1.165) is 32.5 Å². The molecule has 2 N–H and O–H groups in total. The molecule has 1 amide bonds. The Hall–Kier alpha value is -1.87. The average molecular weight is 461 g/mol. The zero-order chi connectivity index (χ0) is 19.3. The molecule has 7 nitrogen and oxygen atoms in total. The smallest absolute Gasteiger partial charge is 0.261 e. The van der Waals surface area contributed by atoms with Gasteiger partial charge in [0.05, 0.1) is 10.6 Å². The van der Waals surface area contributed by atoms with Crippen LogP contribution in [0.1, 0.15) is 23.2 Å². The first-order valence-corrected chi connectivity index (χ1v) is 10.4. The minimum Gasteiger partial charge on any atom is -0.338 e. The minimum absolute atomic E-state index is 0. The summed E-state index contributed by atoms with van der Waals surface area (Å²) in [5.74, 6) is 0.402. The molecule has 1 aromatic heterocycles. The quantitative estimate of drug-likeness (QED) is 0.691. The van der Waals surface area contributed by atoms with Crippen LogP contribution in [0.3, 0.4) is 0 Å². The van der Waals surface area contributed by atoms with E-state index in [2.05, 4.69) is 15.0 Å². The summed E-state index contributed by atoms with van der Waals surface area (Å²) in [5.41, 5.74) is 0.942. The fraction of sp³-hybridized carbons (Fsp3) is 0.368. The van der Waals surface area contributed by atoms with E-state index in [1.54, 1.807) is 24.3 Å². The number of anilines is 1. The number of benzene rings is 1. The van der Waals surface area contributed by atoms with Crippen molar-refractivity contribution in [2.45, 2.75) is 17.7 Å². The number of amides is 1. The second kappa shape index (κ2) is 11.3.